The minimum absolute atomic E-state index is 0.0104. The second kappa shape index (κ2) is 17.4. The van der Waals surface area contributed by atoms with Crippen LogP contribution in [0.3, 0.4) is 0 Å². The minimum Gasteiger partial charge on any atom is -0.493 e. The van der Waals surface area contributed by atoms with Crippen molar-refractivity contribution in [3.05, 3.63) is 153 Å². The van der Waals surface area contributed by atoms with Gasteiger partial charge in [0.1, 0.15) is 23.9 Å². The maximum Gasteiger partial charge on any atom is 0.246 e. The lowest BCUT2D eigenvalue weighted by molar-refractivity contribution is -0.127. The highest BCUT2D eigenvalue weighted by molar-refractivity contribution is 6.32. The van der Waals surface area contributed by atoms with Gasteiger partial charge in [0.25, 0.3) is 0 Å². The number of hydrogen-bond acceptors (Lipinski definition) is 6. The van der Waals surface area contributed by atoms with E-state index in [0.717, 1.165) is 48.5 Å². The highest BCUT2D eigenvalue weighted by atomic mass is 35.5. The number of hydrogen-bond donors (Lipinski definition) is 0. The molecule has 9 heteroatoms. The van der Waals surface area contributed by atoms with Crippen LogP contribution in [0.4, 0.5) is 0 Å². The number of halogens is 2. The third-order valence-electron chi connectivity index (χ3n) is 8.80. The average molecular weight is 723 g/mol. The summed E-state index contributed by atoms with van der Waals surface area (Å²) < 4.78 is 17.7. The monoisotopic (exact) mass is 721 g/mol. The van der Waals surface area contributed by atoms with Gasteiger partial charge in [0.05, 0.1) is 17.8 Å². The van der Waals surface area contributed by atoms with Gasteiger partial charge < -0.3 is 19.1 Å². The Bertz CT molecular complexity index is 1940. The van der Waals surface area contributed by atoms with E-state index in [-0.39, 0.29) is 5.91 Å². The SMILES string of the molecule is Cc1ccc(OCCc2ccc(CN3CCN(C(=O)/C=C/c4cc(Cl)c(Oc5ccc(OCc6ccccc6Cl)cn5)cc4C)CC3)cc2)cc1. The van der Waals surface area contributed by atoms with Crippen LogP contribution in [-0.4, -0.2) is 53.5 Å². The van der Waals surface area contributed by atoms with Gasteiger partial charge in [0.2, 0.25) is 11.8 Å². The number of nitrogens with zero attached hydrogens (tertiary/aromatic N) is 3. The number of ether oxygens (including phenoxy) is 3. The largest absolute Gasteiger partial charge is 0.493 e. The van der Waals surface area contributed by atoms with E-state index in [0.29, 0.717) is 53.7 Å². The molecule has 1 aromatic heterocycles. The molecule has 6 rings (SSSR count). The van der Waals surface area contributed by atoms with E-state index in [1.807, 2.05) is 60.4 Å². The van der Waals surface area contributed by atoms with Crippen LogP contribution in [0, 0.1) is 13.8 Å². The third kappa shape index (κ3) is 10.4. The molecule has 1 saturated heterocycles. The molecule has 1 fully saturated rings. The number of amides is 1. The summed E-state index contributed by atoms with van der Waals surface area (Å²) in [5.41, 5.74) is 6.42. The Hall–Kier alpha value is -4.82. The van der Waals surface area contributed by atoms with E-state index in [1.165, 1.54) is 16.7 Å². The maximum atomic E-state index is 13.1. The van der Waals surface area contributed by atoms with Crippen molar-refractivity contribution >= 4 is 35.2 Å². The Morgan fingerprint density at radius 1 is 0.804 bits per heavy atom. The highest BCUT2D eigenvalue weighted by Gasteiger charge is 2.20. The van der Waals surface area contributed by atoms with Crippen molar-refractivity contribution in [3.63, 3.8) is 0 Å². The van der Waals surface area contributed by atoms with Gasteiger partial charge in [-0.15, -0.1) is 0 Å². The summed E-state index contributed by atoms with van der Waals surface area (Å²) in [6.45, 7) is 8.89. The molecule has 4 aromatic carbocycles. The molecular formula is C42H41Cl2N3O4. The predicted molar refractivity (Wildman–Crippen MR) is 204 cm³/mol. The molecule has 0 unspecified atom stereocenters. The third-order valence-corrected chi connectivity index (χ3v) is 9.46. The fraction of sp³-hybridized carbons (Fsp3) is 0.238. The van der Waals surface area contributed by atoms with Gasteiger partial charge in [-0.25, -0.2) is 4.98 Å². The van der Waals surface area contributed by atoms with Crippen LogP contribution in [0.5, 0.6) is 23.1 Å². The molecule has 0 aliphatic carbocycles. The Balaban J connectivity index is 0.936. The zero-order valence-corrected chi connectivity index (χ0v) is 30.4. The van der Waals surface area contributed by atoms with E-state index in [2.05, 4.69) is 53.2 Å². The number of piperazine rings is 1. The lowest BCUT2D eigenvalue weighted by atomic mass is 10.1. The van der Waals surface area contributed by atoms with Crippen LogP contribution in [0.15, 0.2) is 109 Å². The lowest BCUT2D eigenvalue weighted by Gasteiger charge is -2.34. The summed E-state index contributed by atoms with van der Waals surface area (Å²) in [5.74, 6) is 2.35. The summed E-state index contributed by atoms with van der Waals surface area (Å²) in [6, 6.07) is 31.6. The number of aryl methyl sites for hydroxylation is 2. The first-order chi connectivity index (χ1) is 24.8. The van der Waals surface area contributed by atoms with E-state index in [4.69, 9.17) is 37.4 Å². The topological polar surface area (TPSA) is 64.1 Å². The molecule has 0 spiro atoms. The Labute approximate surface area is 310 Å². The van der Waals surface area contributed by atoms with Crippen LogP contribution in [0.1, 0.15) is 33.4 Å². The van der Waals surface area contributed by atoms with Crippen LogP contribution in [0.2, 0.25) is 10.0 Å². The van der Waals surface area contributed by atoms with Gasteiger partial charge in [0.15, 0.2) is 0 Å². The van der Waals surface area contributed by atoms with Gasteiger partial charge in [-0.1, -0.05) is 83.4 Å². The summed E-state index contributed by atoms with van der Waals surface area (Å²) in [4.78, 5) is 21.7. The van der Waals surface area contributed by atoms with Gasteiger partial charge in [-0.05, 0) is 78.6 Å². The van der Waals surface area contributed by atoms with E-state index < -0.39 is 0 Å². The Morgan fingerprint density at radius 2 is 1.53 bits per heavy atom. The zero-order valence-electron chi connectivity index (χ0n) is 28.9. The van der Waals surface area contributed by atoms with Crippen molar-refractivity contribution in [2.24, 2.45) is 0 Å². The number of pyridine rings is 1. The molecule has 2 heterocycles. The number of carbonyl (C=O) groups is 1. The molecule has 1 aliphatic heterocycles. The molecule has 7 nitrogen and oxygen atoms in total. The standard InChI is InChI=1S/C42H41Cl2N3O4/c1-30-7-14-36(15-8-30)49-24-19-32-9-11-33(12-10-32)28-46-20-22-47(23-21-46)42(48)18-13-34-26-39(44)40(25-31(34)2)51-41-17-16-37(27-45-41)50-29-35-5-3-4-6-38(35)43/h3-18,25-27H,19-24,28-29H2,1-2H3/b18-13+. The van der Waals surface area contributed by atoms with Crippen LogP contribution in [0.25, 0.3) is 6.08 Å². The van der Waals surface area contributed by atoms with Crippen LogP contribution < -0.4 is 14.2 Å². The van der Waals surface area contributed by atoms with Crippen molar-refractivity contribution < 1.29 is 19.0 Å². The molecule has 1 aliphatic rings. The van der Waals surface area contributed by atoms with Gasteiger partial charge in [0, 0.05) is 61.9 Å². The van der Waals surface area contributed by atoms with Crippen molar-refractivity contribution in [2.45, 2.75) is 33.4 Å². The predicted octanol–water partition coefficient (Wildman–Crippen LogP) is 9.36. The smallest absolute Gasteiger partial charge is 0.246 e. The van der Waals surface area contributed by atoms with E-state index in [9.17, 15) is 4.79 Å². The van der Waals surface area contributed by atoms with Crippen molar-refractivity contribution in [3.8, 4) is 23.1 Å². The molecule has 51 heavy (non-hydrogen) atoms. The fourth-order valence-electron chi connectivity index (χ4n) is 5.71. The zero-order chi connectivity index (χ0) is 35.6. The number of rotatable bonds is 13. The first-order valence-electron chi connectivity index (χ1n) is 17.1. The summed E-state index contributed by atoms with van der Waals surface area (Å²) in [7, 11) is 0. The molecule has 0 saturated carbocycles. The van der Waals surface area contributed by atoms with Crippen LogP contribution in [-0.2, 0) is 24.4 Å². The van der Waals surface area contributed by atoms with Crippen molar-refractivity contribution in [2.75, 3.05) is 32.8 Å². The second-order valence-corrected chi connectivity index (χ2v) is 13.4. The van der Waals surface area contributed by atoms with Crippen LogP contribution >= 0.6 is 23.2 Å². The average Bonchev–Trinajstić information content (AvgIpc) is 3.14. The second-order valence-electron chi connectivity index (χ2n) is 12.6. The highest BCUT2D eigenvalue weighted by Crippen LogP contribution is 2.32. The molecule has 1 amide bonds. The number of benzene rings is 4. The van der Waals surface area contributed by atoms with Crippen molar-refractivity contribution in [1.82, 2.24) is 14.8 Å². The molecule has 5 aromatic rings. The molecule has 0 atom stereocenters. The fourth-order valence-corrected chi connectivity index (χ4v) is 6.11. The number of aromatic nitrogens is 1. The van der Waals surface area contributed by atoms with E-state index >= 15 is 0 Å². The Kier molecular flexibility index (Phi) is 12.3. The van der Waals surface area contributed by atoms with Gasteiger partial charge in [-0.3, -0.25) is 9.69 Å². The lowest BCUT2D eigenvalue weighted by Crippen LogP contribution is -2.47. The van der Waals surface area contributed by atoms with Gasteiger partial charge >= 0.3 is 0 Å². The summed E-state index contributed by atoms with van der Waals surface area (Å²) in [5, 5.41) is 1.08. The van der Waals surface area contributed by atoms with Gasteiger partial charge in [-0.2, -0.15) is 0 Å². The Morgan fingerprint density at radius 3 is 2.25 bits per heavy atom. The summed E-state index contributed by atoms with van der Waals surface area (Å²) >= 11 is 12.8. The molecule has 0 N–H and O–H groups in total. The minimum atomic E-state index is -0.0104. The molecular weight excluding hydrogens is 681 g/mol. The quantitative estimate of drug-likeness (QED) is 0.113. The molecule has 262 valence electrons. The number of carbonyl (C=O) groups excluding carboxylic acids is 1. The first-order valence-corrected chi connectivity index (χ1v) is 17.8. The van der Waals surface area contributed by atoms with Crippen molar-refractivity contribution in [1.29, 1.82) is 0 Å². The summed E-state index contributed by atoms with van der Waals surface area (Å²) in [6.07, 6.45) is 5.90. The maximum absolute atomic E-state index is 13.1. The normalized spacial score (nSPS) is 13.4. The molecule has 0 bridgehead atoms. The van der Waals surface area contributed by atoms with E-state index in [1.54, 1.807) is 30.5 Å². The molecule has 0 radical (unpaired) electrons. The first kappa shape index (κ1) is 36.0.